The van der Waals surface area contributed by atoms with Gasteiger partial charge in [-0.1, -0.05) is 71.4 Å². The summed E-state index contributed by atoms with van der Waals surface area (Å²) < 4.78 is 0. The fourth-order valence-corrected chi connectivity index (χ4v) is 4.55. The number of aryl methyl sites for hydroxylation is 2. The van der Waals surface area contributed by atoms with E-state index in [1.165, 1.54) is 16.7 Å². The van der Waals surface area contributed by atoms with Gasteiger partial charge in [-0.2, -0.15) is 0 Å². The van der Waals surface area contributed by atoms with E-state index in [0.29, 0.717) is 0 Å². The highest BCUT2D eigenvalue weighted by Gasteiger charge is 2.24. The van der Waals surface area contributed by atoms with Gasteiger partial charge in [-0.3, -0.25) is 4.79 Å². The molecule has 1 saturated heterocycles. The second-order valence-corrected chi connectivity index (χ2v) is 9.14. The first-order chi connectivity index (χ1) is 15.0. The van der Waals surface area contributed by atoms with Crippen LogP contribution in [0, 0.1) is 19.8 Å². The number of rotatable bonds is 6. The van der Waals surface area contributed by atoms with Crippen molar-refractivity contribution < 1.29 is 4.79 Å². The van der Waals surface area contributed by atoms with Gasteiger partial charge in [0, 0.05) is 36.4 Å². The van der Waals surface area contributed by atoms with Crippen molar-refractivity contribution >= 4 is 23.5 Å². The Kier molecular flexibility index (Phi) is 6.56. The fourth-order valence-electron chi connectivity index (χ4n) is 3.74. The van der Waals surface area contributed by atoms with Crippen LogP contribution in [0.15, 0.2) is 59.8 Å². The second-order valence-electron chi connectivity index (χ2n) is 8.20. The lowest BCUT2D eigenvalue weighted by molar-refractivity contribution is -0.122. The first-order valence-electron chi connectivity index (χ1n) is 10.7. The highest BCUT2D eigenvalue weighted by atomic mass is 32.2. The number of hydrogen-bond donors (Lipinski definition) is 1. The maximum Gasteiger partial charge on any atom is 0.220 e. The Labute approximate surface area is 188 Å². The molecular formula is C25H28N4OS. The molecule has 5 nitrogen and oxygen atoms in total. The molecule has 0 spiro atoms. The predicted octanol–water partition coefficient (Wildman–Crippen LogP) is 4.75. The minimum atomic E-state index is -0.197. The molecule has 2 heterocycles. The summed E-state index contributed by atoms with van der Waals surface area (Å²) in [5, 5.41) is 0.769. The van der Waals surface area contributed by atoms with Gasteiger partial charge in [0.15, 0.2) is 5.16 Å². The number of anilines is 1. The molecule has 1 fully saturated rings. The minimum absolute atomic E-state index is 0.0370. The van der Waals surface area contributed by atoms with Crippen molar-refractivity contribution in [1.29, 1.82) is 0 Å². The van der Waals surface area contributed by atoms with Crippen molar-refractivity contribution in [3.63, 3.8) is 0 Å². The second kappa shape index (κ2) is 9.52. The topological polar surface area (TPSA) is 72.1 Å². The highest BCUT2D eigenvalue weighted by Crippen LogP contribution is 2.29. The molecule has 6 heteroatoms. The lowest BCUT2D eigenvalue weighted by Crippen LogP contribution is -2.39. The zero-order chi connectivity index (χ0) is 21.8. The third-order valence-electron chi connectivity index (χ3n) is 5.75. The predicted molar refractivity (Wildman–Crippen MR) is 127 cm³/mol. The lowest BCUT2D eigenvalue weighted by atomic mass is 9.96. The van der Waals surface area contributed by atoms with Gasteiger partial charge in [-0.15, -0.1) is 0 Å². The number of primary amides is 1. The number of benzene rings is 2. The van der Waals surface area contributed by atoms with Gasteiger partial charge in [0.2, 0.25) is 5.91 Å². The van der Waals surface area contributed by atoms with E-state index < -0.39 is 0 Å². The summed E-state index contributed by atoms with van der Waals surface area (Å²) in [5.74, 6) is 1.50. The maximum absolute atomic E-state index is 11.5. The summed E-state index contributed by atoms with van der Waals surface area (Å²) in [5.41, 5.74) is 11.2. The van der Waals surface area contributed by atoms with Gasteiger partial charge >= 0.3 is 0 Å². The standard InChI is InChI=1S/C25H28N4OS/c1-17-3-7-19(8-4-17)16-31-25-27-22(20-9-5-18(2)6-10-20)15-23(28-25)29-13-11-21(12-14-29)24(26)30/h3-10,15,21H,11-14,16H2,1-2H3,(H2,26,30). The molecule has 3 aromatic rings. The summed E-state index contributed by atoms with van der Waals surface area (Å²) >= 11 is 1.65. The van der Waals surface area contributed by atoms with Crippen molar-refractivity contribution in [3.05, 3.63) is 71.3 Å². The maximum atomic E-state index is 11.5. The molecule has 0 saturated carbocycles. The Morgan fingerprint density at radius 3 is 2.23 bits per heavy atom. The van der Waals surface area contributed by atoms with Crippen LogP contribution in [0.25, 0.3) is 11.3 Å². The van der Waals surface area contributed by atoms with Crippen LogP contribution in [0.3, 0.4) is 0 Å². The fraction of sp³-hybridized carbons (Fsp3) is 0.320. The van der Waals surface area contributed by atoms with Crippen LogP contribution >= 0.6 is 11.8 Å². The van der Waals surface area contributed by atoms with Crippen molar-refractivity contribution in [2.45, 2.75) is 37.6 Å². The van der Waals surface area contributed by atoms with E-state index in [4.69, 9.17) is 15.7 Å². The number of nitrogens with two attached hydrogens (primary N) is 1. The molecule has 0 atom stereocenters. The van der Waals surface area contributed by atoms with Crippen LogP contribution in [-0.4, -0.2) is 29.0 Å². The molecule has 0 radical (unpaired) electrons. The molecule has 0 aliphatic carbocycles. The largest absolute Gasteiger partial charge is 0.369 e. The van der Waals surface area contributed by atoms with Gasteiger partial charge in [0.1, 0.15) is 5.82 Å². The molecule has 4 rings (SSSR count). The summed E-state index contributed by atoms with van der Waals surface area (Å²) in [6.07, 6.45) is 1.54. The van der Waals surface area contributed by atoms with Crippen LogP contribution in [0.2, 0.25) is 0 Å². The van der Waals surface area contributed by atoms with Gasteiger partial charge in [-0.25, -0.2) is 9.97 Å². The van der Waals surface area contributed by atoms with Gasteiger partial charge in [-0.05, 0) is 32.3 Å². The Balaban J connectivity index is 1.59. The Morgan fingerprint density at radius 2 is 1.61 bits per heavy atom. The van der Waals surface area contributed by atoms with Crippen molar-refractivity contribution in [2.24, 2.45) is 11.7 Å². The van der Waals surface area contributed by atoms with E-state index >= 15 is 0 Å². The van der Waals surface area contributed by atoms with Crippen molar-refractivity contribution in [2.75, 3.05) is 18.0 Å². The summed E-state index contributed by atoms with van der Waals surface area (Å²) in [6.45, 7) is 5.74. The van der Waals surface area contributed by atoms with Crippen LogP contribution in [0.1, 0.15) is 29.5 Å². The normalized spacial score (nSPS) is 14.6. The van der Waals surface area contributed by atoms with Crippen molar-refractivity contribution in [3.8, 4) is 11.3 Å². The van der Waals surface area contributed by atoms with E-state index in [0.717, 1.165) is 53.9 Å². The number of nitrogens with zero attached hydrogens (tertiary/aromatic N) is 3. The smallest absolute Gasteiger partial charge is 0.220 e. The van der Waals surface area contributed by atoms with E-state index in [9.17, 15) is 4.79 Å². The molecule has 2 N–H and O–H groups in total. The molecule has 1 aliphatic heterocycles. The Bertz CT molecular complexity index is 1040. The zero-order valence-electron chi connectivity index (χ0n) is 18.0. The van der Waals surface area contributed by atoms with Gasteiger partial charge in [0.05, 0.1) is 5.69 Å². The van der Waals surface area contributed by atoms with E-state index in [1.54, 1.807) is 11.8 Å². The average molecular weight is 433 g/mol. The molecule has 0 unspecified atom stereocenters. The zero-order valence-corrected chi connectivity index (χ0v) is 18.9. The molecule has 1 aromatic heterocycles. The molecule has 1 amide bonds. The monoisotopic (exact) mass is 432 g/mol. The number of hydrogen-bond acceptors (Lipinski definition) is 5. The number of carbonyl (C=O) groups is 1. The average Bonchev–Trinajstić information content (AvgIpc) is 2.79. The highest BCUT2D eigenvalue weighted by molar-refractivity contribution is 7.98. The first-order valence-corrected chi connectivity index (χ1v) is 11.7. The summed E-state index contributed by atoms with van der Waals surface area (Å²) in [7, 11) is 0. The first kappa shape index (κ1) is 21.4. The third-order valence-corrected chi connectivity index (χ3v) is 6.67. The molecule has 0 bridgehead atoms. The van der Waals surface area contributed by atoms with Gasteiger partial charge in [0.25, 0.3) is 0 Å². The third kappa shape index (κ3) is 5.44. The van der Waals surface area contributed by atoms with Gasteiger partial charge < -0.3 is 10.6 Å². The Hall–Kier alpha value is -2.86. The van der Waals surface area contributed by atoms with E-state index in [1.807, 2.05) is 0 Å². The number of thioether (sulfide) groups is 1. The lowest BCUT2D eigenvalue weighted by Gasteiger charge is -2.31. The van der Waals surface area contributed by atoms with Crippen molar-refractivity contribution in [1.82, 2.24) is 9.97 Å². The Morgan fingerprint density at radius 1 is 1.00 bits per heavy atom. The molecule has 1 aliphatic rings. The van der Waals surface area contributed by atoms with Crippen LogP contribution in [0.4, 0.5) is 5.82 Å². The van der Waals surface area contributed by atoms with Crippen LogP contribution < -0.4 is 10.6 Å². The van der Waals surface area contributed by atoms with Crippen LogP contribution in [-0.2, 0) is 10.5 Å². The minimum Gasteiger partial charge on any atom is -0.369 e. The molecule has 31 heavy (non-hydrogen) atoms. The summed E-state index contributed by atoms with van der Waals surface area (Å²) in [6, 6.07) is 19.1. The number of aromatic nitrogens is 2. The molecule has 2 aromatic carbocycles. The molecule has 160 valence electrons. The number of piperidine rings is 1. The summed E-state index contributed by atoms with van der Waals surface area (Å²) in [4.78, 5) is 23.5. The quantitative estimate of drug-likeness (QED) is 0.449. The van der Waals surface area contributed by atoms with E-state index in [2.05, 4.69) is 73.3 Å². The number of carbonyl (C=O) groups excluding carboxylic acids is 1. The van der Waals surface area contributed by atoms with Crippen LogP contribution in [0.5, 0.6) is 0 Å². The number of amides is 1. The SMILES string of the molecule is Cc1ccc(CSc2nc(-c3ccc(C)cc3)cc(N3CCC(C(N)=O)CC3)n2)cc1. The van der Waals surface area contributed by atoms with E-state index in [-0.39, 0.29) is 11.8 Å². The molecular weight excluding hydrogens is 404 g/mol.